The summed E-state index contributed by atoms with van der Waals surface area (Å²) in [6.45, 7) is 0. The Morgan fingerprint density at radius 1 is 0.829 bits per heavy atom. The molecule has 9 heteroatoms. The van der Waals surface area contributed by atoms with Crippen LogP contribution in [0.15, 0.2) is 91.0 Å². The van der Waals surface area contributed by atoms with Gasteiger partial charge in [-0.25, -0.2) is 14.3 Å². The maximum Gasteiger partial charge on any atom is 0.416 e. The number of fused-ring (bicyclic) bond motifs is 1. The summed E-state index contributed by atoms with van der Waals surface area (Å²) >= 11 is 0. The number of ether oxygens (including phenoxy) is 1. The second kappa shape index (κ2) is 8.60. The molecule has 0 bridgehead atoms. The third-order valence-corrected chi connectivity index (χ3v) is 5.28. The molecule has 0 aliphatic heterocycles. The van der Waals surface area contributed by atoms with Crippen LogP contribution in [0.5, 0.6) is 11.5 Å². The zero-order chi connectivity index (χ0) is 24.6. The first kappa shape index (κ1) is 22.1. The van der Waals surface area contributed by atoms with Crippen LogP contribution in [0.3, 0.4) is 0 Å². The van der Waals surface area contributed by atoms with Gasteiger partial charge in [-0.1, -0.05) is 30.3 Å². The van der Waals surface area contributed by atoms with E-state index < -0.39 is 17.7 Å². The van der Waals surface area contributed by atoms with Gasteiger partial charge in [-0.05, 0) is 54.6 Å². The average molecular weight is 475 g/mol. The number of carboxylic acids is 1. The Morgan fingerprint density at radius 2 is 1.46 bits per heavy atom. The summed E-state index contributed by atoms with van der Waals surface area (Å²) < 4.78 is 46.1. The number of aromatic nitrogens is 3. The predicted octanol–water partition coefficient (Wildman–Crippen LogP) is 6.57. The van der Waals surface area contributed by atoms with Crippen molar-refractivity contribution in [1.29, 1.82) is 0 Å². The molecule has 0 saturated heterocycles. The fourth-order valence-corrected chi connectivity index (χ4v) is 3.58. The quantitative estimate of drug-likeness (QED) is 0.311. The molecule has 6 nitrogen and oxygen atoms in total. The van der Waals surface area contributed by atoms with Gasteiger partial charge >= 0.3 is 12.1 Å². The Kier molecular flexibility index (Phi) is 5.44. The second-order valence-electron chi connectivity index (χ2n) is 7.65. The molecule has 1 N–H and O–H groups in total. The van der Waals surface area contributed by atoms with Crippen molar-refractivity contribution in [2.24, 2.45) is 0 Å². The number of hydrogen-bond acceptors (Lipinski definition) is 4. The van der Waals surface area contributed by atoms with Crippen molar-refractivity contribution >= 4 is 11.6 Å². The van der Waals surface area contributed by atoms with Crippen molar-refractivity contribution in [3.8, 4) is 34.0 Å². The molecular formula is C26H16F3N3O3. The summed E-state index contributed by atoms with van der Waals surface area (Å²) in [4.78, 5) is 15.9. The van der Waals surface area contributed by atoms with Crippen LogP contribution in [-0.2, 0) is 6.18 Å². The smallest absolute Gasteiger partial charge is 0.416 e. The van der Waals surface area contributed by atoms with Crippen LogP contribution in [0.2, 0.25) is 0 Å². The molecule has 0 unspecified atom stereocenters. The largest absolute Gasteiger partial charge is 0.476 e. The van der Waals surface area contributed by atoms with Crippen LogP contribution in [0.25, 0.3) is 28.2 Å². The van der Waals surface area contributed by atoms with E-state index in [9.17, 15) is 23.1 Å². The lowest BCUT2D eigenvalue weighted by Crippen LogP contribution is -2.04. The van der Waals surface area contributed by atoms with E-state index in [4.69, 9.17) is 4.74 Å². The number of rotatable bonds is 5. The van der Waals surface area contributed by atoms with Crippen LogP contribution in [0, 0.1) is 0 Å². The topological polar surface area (TPSA) is 76.7 Å². The number of hydrogen-bond donors (Lipinski definition) is 1. The van der Waals surface area contributed by atoms with Gasteiger partial charge in [0.05, 0.1) is 17.0 Å². The summed E-state index contributed by atoms with van der Waals surface area (Å²) in [6, 6.07) is 23.9. The van der Waals surface area contributed by atoms with Crippen LogP contribution < -0.4 is 4.74 Å². The molecule has 0 atom stereocenters. The maximum absolute atomic E-state index is 13.0. The molecular weight excluding hydrogens is 459 g/mol. The van der Waals surface area contributed by atoms with Crippen molar-refractivity contribution in [2.75, 3.05) is 0 Å². The third kappa shape index (κ3) is 4.56. The van der Waals surface area contributed by atoms with Crippen molar-refractivity contribution in [2.45, 2.75) is 6.18 Å². The number of para-hydroxylation sites is 1. The molecule has 35 heavy (non-hydrogen) atoms. The minimum Gasteiger partial charge on any atom is -0.476 e. The predicted molar refractivity (Wildman–Crippen MR) is 122 cm³/mol. The number of benzene rings is 3. The molecule has 0 aliphatic rings. The van der Waals surface area contributed by atoms with E-state index in [1.807, 2.05) is 30.3 Å². The molecule has 2 heterocycles. The molecule has 0 radical (unpaired) electrons. The minimum absolute atomic E-state index is 0.202. The summed E-state index contributed by atoms with van der Waals surface area (Å²) in [5.41, 5.74) is 1.31. The lowest BCUT2D eigenvalue weighted by molar-refractivity contribution is -0.137. The molecule has 0 spiro atoms. The van der Waals surface area contributed by atoms with E-state index in [2.05, 4.69) is 10.1 Å². The normalized spacial score (nSPS) is 11.5. The van der Waals surface area contributed by atoms with Gasteiger partial charge in [0, 0.05) is 17.2 Å². The third-order valence-electron chi connectivity index (χ3n) is 5.28. The molecule has 0 amide bonds. The number of halogens is 3. The summed E-state index contributed by atoms with van der Waals surface area (Å²) in [5, 5.41) is 13.5. The van der Waals surface area contributed by atoms with E-state index >= 15 is 0 Å². The lowest BCUT2D eigenvalue weighted by Gasteiger charge is -2.11. The Balaban J connectivity index is 1.57. The Morgan fingerprint density at radius 3 is 2.09 bits per heavy atom. The summed E-state index contributed by atoms with van der Waals surface area (Å²) in [5.74, 6) is 0.0540. The first-order chi connectivity index (χ1) is 16.8. The molecule has 5 aromatic rings. The van der Waals surface area contributed by atoms with Crippen LogP contribution >= 0.6 is 0 Å². The number of aromatic carboxylic acids is 1. The molecule has 3 aromatic carbocycles. The fraction of sp³-hybridized carbons (Fsp3) is 0.0385. The Bertz CT molecular complexity index is 1510. The van der Waals surface area contributed by atoms with Crippen molar-refractivity contribution in [3.05, 3.63) is 102 Å². The zero-order valence-corrected chi connectivity index (χ0v) is 17.9. The van der Waals surface area contributed by atoms with Gasteiger partial charge in [0.15, 0.2) is 11.3 Å². The molecule has 0 aliphatic carbocycles. The highest BCUT2D eigenvalue weighted by molar-refractivity contribution is 5.87. The lowest BCUT2D eigenvalue weighted by atomic mass is 10.1. The first-order valence-electron chi connectivity index (χ1n) is 10.4. The van der Waals surface area contributed by atoms with Gasteiger partial charge in [-0.2, -0.15) is 18.3 Å². The van der Waals surface area contributed by atoms with E-state index in [0.717, 1.165) is 12.1 Å². The highest BCUT2D eigenvalue weighted by Crippen LogP contribution is 2.32. The SMILES string of the molecule is O=C(O)c1cc2nc(-c3ccc(C(F)(F)F)cc3)cc(-c3ccc(Oc4ccccc4)cc3)n2n1. The average Bonchev–Trinajstić information content (AvgIpc) is 3.29. The number of nitrogens with zero attached hydrogens (tertiary/aromatic N) is 3. The molecule has 5 rings (SSSR count). The molecule has 174 valence electrons. The second-order valence-corrected chi connectivity index (χ2v) is 7.65. The molecule has 0 fully saturated rings. The van der Waals surface area contributed by atoms with E-state index in [1.165, 1.54) is 22.7 Å². The number of alkyl halides is 3. The highest BCUT2D eigenvalue weighted by Gasteiger charge is 2.30. The standard InChI is InChI=1S/C26H16F3N3O3/c27-26(28,29)18-10-6-16(7-11-18)21-14-23(32-24(30-21)15-22(31-32)25(33)34)17-8-12-20(13-9-17)35-19-4-2-1-3-5-19/h1-15H,(H,33,34). The van der Waals surface area contributed by atoms with Crippen molar-refractivity contribution < 1.29 is 27.8 Å². The van der Waals surface area contributed by atoms with Crippen molar-refractivity contribution in [1.82, 2.24) is 14.6 Å². The van der Waals surface area contributed by atoms with Crippen LogP contribution in [0.1, 0.15) is 16.1 Å². The summed E-state index contributed by atoms with van der Waals surface area (Å²) in [7, 11) is 0. The van der Waals surface area contributed by atoms with E-state index in [0.29, 0.717) is 34.0 Å². The summed E-state index contributed by atoms with van der Waals surface area (Å²) in [6.07, 6.45) is -4.45. The Hall–Kier alpha value is -4.66. The monoisotopic (exact) mass is 475 g/mol. The minimum atomic E-state index is -4.45. The van der Waals surface area contributed by atoms with E-state index in [-0.39, 0.29) is 11.3 Å². The van der Waals surface area contributed by atoms with Gasteiger partial charge < -0.3 is 9.84 Å². The van der Waals surface area contributed by atoms with E-state index in [1.54, 1.807) is 30.3 Å². The van der Waals surface area contributed by atoms with Crippen LogP contribution in [0.4, 0.5) is 13.2 Å². The molecule has 2 aromatic heterocycles. The zero-order valence-electron chi connectivity index (χ0n) is 17.9. The Labute approximate surface area is 196 Å². The number of carbonyl (C=O) groups is 1. The highest BCUT2D eigenvalue weighted by atomic mass is 19.4. The van der Waals surface area contributed by atoms with Gasteiger partial charge in [-0.3, -0.25) is 0 Å². The van der Waals surface area contributed by atoms with Gasteiger partial charge in [-0.15, -0.1) is 0 Å². The molecule has 0 saturated carbocycles. The van der Waals surface area contributed by atoms with Gasteiger partial charge in [0.25, 0.3) is 0 Å². The fourth-order valence-electron chi connectivity index (χ4n) is 3.58. The maximum atomic E-state index is 13.0. The van der Waals surface area contributed by atoms with Gasteiger partial charge in [0.1, 0.15) is 11.5 Å². The van der Waals surface area contributed by atoms with Crippen molar-refractivity contribution in [3.63, 3.8) is 0 Å². The number of carboxylic acid groups (broad SMARTS) is 1. The van der Waals surface area contributed by atoms with Gasteiger partial charge in [0.2, 0.25) is 0 Å². The van der Waals surface area contributed by atoms with Crippen LogP contribution in [-0.4, -0.2) is 25.7 Å². The first-order valence-corrected chi connectivity index (χ1v) is 10.4.